The van der Waals surface area contributed by atoms with E-state index < -0.39 is 0 Å². The van der Waals surface area contributed by atoms with Gasteiger partial charge in [-0.1, -0.05) is 25.0 Å². The molecular weight excluding hydrogens is 230 g/mol. The van der Waals surface area contributed by atoms with Crippen LogP contribution in [0.3, 0.4) is 0 Å². The van der Waals surface area contributed by atoms with E-state index in [1.807, 2.05) is 11.8 Å². The minimum absolute atomic E-state index is 0.0785. The normalized spacial score (nSPS) is 23.4. The van der Waals surface area contributed by atoms with Crippen LogP contribution in [0.15, 0.2) is 24.3 Å². The first-order chi connectivity index (χ1) is 8.26. The van der Waals surface area contributed by atoms with Crippen LogP contribution in [-0.4, -0.2) is 17.6 Å². The van der Waals surface area contributed by atoms with E-state index in [2.05, 4.69) is 24.3 Å². The van der Waals surface area contributed by atoms with Crippen molar-refractivity contribution in [3.63, 3.8) is 0 Å². The standard InChI is InChI=1S/C14H19NOS/c15-14(7-1-2-8-14)11-3-5-12(6-4-11)16-13-9-17-10-13/h3-6,13H,1-2,7-10,15H2. The summed E-state index contributed by atoms with van der Waals surface area (Å²) in [5, 5.41) is 0. The summed E-state index contributed by atoms with van der Waals surface area (Å²) >= 11 is 1.94. The molecule has 3 heteroatoms. The lowest BCUT2D eigenvalue weighted by atomic mass is 9.89. The van der Waals surface area contributed by atoms with Gasteiger partial charge in [0.05, 0.1) is 0 Å². The number of hydrogen-bond donors (Lipinski definition) is 1. The van der Waals surface area contributed by atoms with E-state index in [-0.39, 0.29) is 5.54 Å². The zero-order valence-corrected chi connectivity index (χ0v) is 10.8. The molecule has 1 aromatic carbocycles. The highest BCUT2D eigenvalue weighted by Crippen LogP contribution is 2.37. The molecule has 0 bridgehead atoms. The Morgan fingerprint density at radius 3 is 2.29 bits per heavy atom. The van der Waals surface area contributed by atoms with Gasteiger partial charge in [-0.15, -0.1) is 0 Å². The monoisotopic (exact) mass is 249 g/mol. The molecule has 0 amide bonds. The molecule has 3 rings (SSSR count). The van der Waals surface area contributed by atoms with Gasteiger partial charge in [0.1, 0.15) is 11.9 Å². The maximum absolute atomic E-state index is 6.42. The van der Waals surface area contributed by atoms with Crippen LogP contribution in [0.5, 0.6) is 5.75 Å². The SMILES string of the molecule is NC1(c2ccc(OC3CSC3)cc2)CCCC1. The molecule has 1 aliphatic heterocycles. The third kappa shape index (κ3) is 2.31. The van der Waals surface area contributed by atoms with Crippen LogP contribution in [0.2, 0.25) is 0 Å². The number of benzene rings is 1. The summed E-state index contributed by atoms with van der Waals surface area (Å²) in [4.78, 5) is 0. The van der Waals surface area contributed by atoms with Crippen LogP contribution in [0.25, 0.3) is 0 Å². The Balaban J connectivity index is 1.70. The summed E-state index contributed by atoms with van der Waals surface area (Å²) < 4.78 is 5.84. The first-order valence-corrected chi connectivity index (χ1v) is 7.56. The summed E-state index contributed by atoms with van der Waals surface area (Å²) in [5.74, 6) is 3.24. The van der Waals surface area contributed by atoms with Gasteiger partial charge in [0.15, 0.2) is 0 Å². The molecule has 0 unspecified atom stereocenters. The first kappa shape index (κ1) is 11.4. The zero-order valence-electron chi connectivity index (χ0n) is 10.0. The van der Waals surface area contributed by atoms with E-state index in [1.165, 1.54) is 18.4 Å². The predicted octanol–water partition coefficient (Wildman–Crippen LogP) is 2.91. The molecule has 1 aromatic rings. The minimum Gasteiger partial charge on any atom is -0.489 e. The summed E-state index contributed by atoms with van der Waals surface area (Å²) in [7, 11) is 0. The van der Waals surface area contributed by atoms with Gasteiger partial charge in [-0.3, -0.25) is 0 Å². The Morgan fingerprint density at radius 2 is 1.76 bits per heavy atom. The molecule has 1 saturated heterocycles. The van der Waals surface area contributed by atoms with E-state index in [1.54, 1.807) is 0 Å². The van der Waals surface area contributed by atoms with Crippen molar-refractivity contribution in [3.05, 3.63) is 29.8 Å². The summed E-state index contributed by atoms with van der Waals surface area (Å²) in [6, 6.07) is 8.44. The van der Waals surface area contributed by atoms with Crippen molar-refractivity contribution in [1.82, 2.24) is 0 Å². The highest BCUT2D eigenvalue weighted by Gasteiger charge is 2.31. The van der Waals surface area contributed by atoms with Crippen molar-refractivity contribution < 1.29 is 4.74 Å². The Morgan fingerprint density at radius 1 is 1.12 bits per heavy atom. The van der Waals surface area contributed by atoms with Gasteiger partial charge < -0.3 is 10.5 Å². The van der Waals surface area contributed by atoms with E-state index in [0.29, 0.717) is 6.10 Å². The maximum Gasteiger partial charge on any atom is 0.119 e. The second-order valence-corrected chi connectivity index (χ2v) is 6.24. The van der Waals surface area contributed by atoms with Gasteiger partial charge >= 0.3 is 0 Å². The Kier molecular flexibility index (Phi) is 3.05. The van der Waals surface area contributed by atoms with E-state index in [4.69, 9.17) is 10.5 Å². The topological polar surface area (TPSA) is 35.2 Å². The summed E-state index contributed by atoms with van der Waals surface area (Å²) in [5.41, 5.74) is 7.62. The number of thioether (sulfide) groups is 1. The molecule has 2 N–H and O–H groups in total. The van der Waals surface area contributed by atoms with Gasteiger partial charge in [0, 0.05) is 17.0 Å². The Hall–Kier alpha value is -0.670. The average molecular weight is 249 g/mol. The summed E-state index contributed by atoms with van der Waals surface area (Å²) in [6.07, 6.45) is 5.17. The van der Waals surface area contributed by atoms with Crippen LogP contribution in [-0.2, 0) is 5.54 Å². The van der Waals surface area contributed by atoms with Gasteiger partial charge in [-0.05, 0) is 30.5 Å². The molecule has 2 fully saturated rings. The molecule has 1 saturated carbocycles. The average Bonchev–Trinajstić information content (AvgIpc) is 2.73. The lowest BCUT2D eigenvalue weighted by Gasteiger charge is -2.27. The van der Waals surface area contributed by atoms with Crippen LogP contribution in [0, 0.1) is 0 Å². The van der Waals surface area contributed by atoms with Crippen molar-refractivity contribution in [2.75, 3.05) is 11.5 Å². The largest absolute Gasteiger partial charge is 0.489 e. The van der Waals surface area contributed by atoms with Crippen LogP contribution in [0.1, 0.15) is 31.2 Å². The van der Waals surface area contributed by atoms with Crippen LogP contribution >= 0.6 is 11.8 Å². The first-order valence-electron chi connectivity index (χ1n) is 6.40. The van der Waals surface area contributed by atoms with Crippen molar-refractivity contribution in [1.29, 1.82) is 0 Å². The van der Waals surface area contributed by atoms with E-state index in [0.717, 1.165) is 30.1 Å². The molecule has 1 aliphatic carbocycles. The molecule has 92 valence electrons. The molecule has 0 radical (unpaired) electrons. The fourth-order valence-corrected chi connectivity index (χ4v) is 3.20. The van der Waals surface area contributed by atoms with Crippen molar-refractivity contribution in [3.8, 4) is 5.75 Å². The molecular formula is C14H19NOS. The van der Waals surface area contributed by atoms with Crippen molar-refractivity contribution >= 4 is 11.8 Å². The molecule has 17 heavy (non-hydrogen) atoms. The fourth-order valence-electron chi connectivity index (χ4n) is 2.63. The quantitative estimate of drug-likeness (QED) is 0.894. The van der Waals surface area contributed by atoms with Crippen LogP contribution < -0.4 is 10.5 Å². The van der Waals surface area contributed by atoms with Crippen molar-refractivity contribution in [2.45, 2.75) is 37.3 Å². The smallest absolute Gasteiger partial charge is 0.119 e. The minimum atomic E-state index is -0.0785. The third-order valence-corrected chi connectivity index (χ3v) is 5.05. The highest BCUT2D eigenvalue weighted by molar-refractivity contribution is 8.00. The van der Waals surface area contributed by atoms with E-state index >= 15 is 0 Å². The van der Waals surface area contributed by atoms with Crippen molar-refractivity contribution in [2.24, 2.45) is 5.73 Å². The number of ether oxygens (including phenoxy) is 1. The molecule has 2 aliphatic rings. The lowest BCUT2D eigenvalue weighted by Crippen LogP contribution is -2.33. The molecule has 1 heterocycles. The molecule has 0 atom stereocenters. The molecule has 0 aromatic heterocycles. The number of rotatable bonds is 3. The lowest BCUT2D eigenvalue weighted by molar-refractivity contribution is 0.240. The Labute approximate surface area is 107 Å². The second kappa shape index (κ2) is 4.54. The van der Waals surface area contributed by atoms with Gasteiger partial charge in [0.2, 0.25) is 0 Å². The zero-order chi connectivity index (χ0) is 11.7. The second-order valence-electron chi connectivity index (χ2n) is 5.16. The molecule has 0 spiro atoms. The van der Waals surface area contributed by atoms with E-state index in [9.17, 15) is 0 Å². The van der Waals surface area contributed by atoms with Gasteiger partial charge in [0.25, 0.3) is 0 Å². The predicted molar refractivity (Wildman–Crippen MR) is 72.5 cm³/mol. The number of hydrogen-bond acceptors (Lipinski definition) is 3. The Bertz CT molecular complexity index is 380. The number of nitrogens with two attached hydrogens (primary N) is 1. The molecule has 2 nitrogen and oxygen atoms in total. The summed E-state index contributed by atoms with van der Waals surface area (Å²) in [6.45, 7) is 0. The van der Waals surface area contributed by atoms with Crippen LogP contribution in [0.4, 0.5) is 0 Å². The fraction of sp³-hybridized carbons (Fsp3) is 0.571. The highest BCUT2D eigenvalue weighted by atomic mass is 32.2. The van der Waals surface area contributed by atoms with Gasteiger partial charge in [-0.2, -0.15) is 11.8 Å². The third-order valence-electron chi connectivity index (χ3n) is 3.84. The maximum atomic E-state index is 6.42. The van der Waals surface area contributed by atoms with Gasteiger partial charge in [-0.25, -0.2) is 0 Å².